The van der Waals surface area contributed by atoms with E-state index in [0.29, 0.717) is 11.8 Å². The third-order valence-electron chi connectivity index (χ3n) is 3.13. The first kappa shape index (κ1) is 16.1. The summed E-state index contributed by atoms with van der Waals surface area (Å²) in [6, 6.07) is 6.89. The summed E-state index contributed by atoms with van der Waals surface area (Å²) < 4.78 is 18.3. The summed E-state index contributed by atoms with van der Waals surface area (Å²) in [5, 5.41) is 3.48. The van der Waals surface area contributed by atoms with Gasteiger partial charge >= 0.3 is 0 Å². The molecule has 0 saturated heterocycles. The predicted molar refractivity (Wildman–Crippen MR) is 77.8 cm³/mol. The van der Waals surface area contributed by atoms with Crippen LogP contribution in [0.25, 0.3) is 0 Å². The van der Waals surface area contributed by atoms with Crippen molar-refractivity contribution in [1.29, 1.82) is 0 Å². The largest absolute Gasteiger partial charge is 0.385 e. The monoisotopic (exact) mass is 267 g/mol. The quantitative estimate of drug-likeness (QED) is 0.741. The van der Waals surface area contributed by atoms with Crippen LogP contribution >= 0.6 is 0 Å². The molecule has 1 N–H and O–H groups in total. The van der Waals surface area contributed by atoms with E-state index in [1.54, 1.807) is 19.2 Å². The molecule has 0 aromatic heterocycles. The van der Waals surface area contributed by atoms with Gasteiger partial charge in [0.1, 0.15) is 5.82 Å². The van der Waals surface area contributed by atoms with Crippen LogP contribution in [0.15, 0.2) is 24.3 Å². The molecular formula is C16H26FNO. The Balaban J connectivity index is 2.48. The van der Waals surface area contributed by atoms with E-state index in [4.69, 9.17) is 4.74 Å². The molecule has 0 aliphatic carbocycles. The fourth-order valence-electron chi connectivity index (χ4n) is 2.13. The van der Waals surface area contributed by atoms with E-state index in [1.165, 1.54) is 6.07 Å². The van der Waals surface area contributed by atoms with E-state index in [9.17, 15) is 4.39 Å². The van der Waals surface area contributed by atoms with E-state index < -0.39 is 0 Å². The summed E-state index contributed by atoms with van der Waals surface area (Å²) in [5.41, 5.74) is 1.06. The highest BCUT2D eigenvalue weighted by Crippen LogP contribution is 2.13. The molecule has 1 rings (SSSR count). The van der Waals surface area contributed by atoms with Gasteiger partial charge in [-0.1, -0.05) is 26.0 Å². The van der Waals surface area contributed by atoms with Gasteiger partial charge in [0.15, 0.2) is 0 Å². The third kappa shape index (κ3) is 7.28. The van der Waals surface area contributed by atoms with Crippen molar-refractivity contribution >= 4 is 0 Å². The summed E-state index contributed by atoms with van der Waals surface area (Å²) >= 11 is 0. The van der Waals surface area contributed by atoms with Crippen LogP contribution in [0.4, 0.5) is 4.39 Å². The van der Waals surface area contributed by atoms with Crippen LogP contribution in [0.5, 0.6) is 0 Å². The first-order chi connectivity index (χ1) is 9.11. The molecule has 1 unspecified atom stereocenters. The van der Waals surface area contributed by atoms with Crippen molar-refractivity contribution in [1.82, 2.24) is 5.32 Å². The second-order valence-corrected chi connectivity index (χ2v) is 5.53. The summed E-state index contributed by atoms with van der Waals surface area (Å²) in [4.78, 5) is 0. The average molecular weight is 267 g/mol. The standard InChI is InChI=1S/C16H26FNO/c1-13(2)11-18-12-15(7-8-19-3)9-14-5-4-6-16(17)10-14/h4-6,10,13,15,18H,7-9,11-12H2,1-3H3. The molecule has 3 heteroatoms. The molecule has 0 heterocycles. The predicted octanol–water partition coefficient (Wildman–Crippen LogP) is 3.27. The van der Waals surface area contributed by atoms with Crippen LogP contribution in [0.3, 0.4) is 0 Å². The Bertz CT molecular complexity index is 354. The van der Waals surface area contributed by atoms with Gasteiger partial charge in [0.05, 0.1) is 0 Å². The Hall–Kier alpha value is -0.930. The van der Waals surface area contributed by atoms with Crippen LogP contribution < -0.4 is 5.32 Å². The van der Waals surface area contributed by atoms with Gasteiger partial charge in [-0.05, 0) is 55.5 Å². The molecule has 0 aliphatic rings. The van der Waals surface area contributed by atoms with Gasteiger partial charge in [0.25, 0.3) is 0 Å². The van der Waals surface area contributed by atoms with Gasteiger partial charge in [-0.3, -0.25) is 0 Å². The Morgan fingerprint density at radius 2 is 2.05 bits per heavy atom. The first-order valence-electron chi connectivity index (χ1n) is 7.06. The fourth-order valence-corrected chi connectivity index (χ4v) is 2.13. The van der Waals surface area contributed by atoms with Crippen molar-refractivity contribution in [3.05, 3.63) is 35.6 Å². The van der Waals surface area contributed by atoms with Crippen molar-refractivity contribution in [2.24, 2.45) is 11.8 Å². The summed E-state index contributed by atoms with van der Waals surface area (Å²) in [6.07, 6.45) is 1.89. The molecule has 0 spiro atoms. The third-order valence-corrected chi connectivity index (χ3v) is 3.13. The average Bonchev–Trinajstić information content (AvgIpc) is 2.35. The Kier molecular flexibility index (Phi) is 7.68. The van der Waals surface area contributed by atoms with E-state index >= 15 is 0 Å². The van der Waals surface area contributed by atoms with E-state index in [0.717, 1.165) is 38.1 Å². The lowest BCUT2D eigenvalue weighted by Gasteiger charge is -2.18. The van der Waals surface area contributed by atoms with Gasteiger partial charge < -0.3 is 10.1 Å². The van der Waals surface area contributed by atoms with Crippen LogP contribution in [-0.2, 0) is 11.2 Å². The lowest BCUT2D eigenvalue weighted by molar-refractivity contribution is 0.176. The summed E-state index contributed by atoms with van der Waals surface area (Å²) in [5.74, 6) is 0.982. The Labute approximate surface area is 116 Å². The maximum atomic E-state index is 13.2. The minimum absolute atomic E-state index is 0.155. The van der Waals surface area contributed by atoms with Gasteiger partial charge in [0.2, 0.25) is 0 Å². The molecule has 1 aromatic carbocycles. The fraction of sp³-hybridized carbons (Fsp3) is 0.625. The molecule has 2 nitrogen and oxygen atoms in total. The van der Waals surface area contributed by atoms with Gasteiger partial charge in [-0.15, -0.1) is 0 Å². The van der Waals surface area contributed by atoms with Crippen molar-refractivity contribution in [2.75, 3.05) is 26.8 Å². The number of hydrogen-bond donors (Lipinski definition) is 1. The highest BCUT2D eigenvalue weighted by Gasteiger charge is 2.10. The van der Waals surface area contributed by atoms with Crippen molar-refractivity contribution < 1.29 is 9.13 Å². The van der Waals surface area contributed by atoms with Gasteiger partial charge in [-0.2, -0.15) is 0 Å². The lowest BCUT2D eigenvalue weighted by atomic mass is 9.96. The van der Waals surface area contributed by atoms with Crippen molar-refractivity contribution in [3.63, 3.8) is 0 Å². The zero-order valence-electron chi connectivity index (χ0n) is 12.3. The Morgan fingerprint density at radius 3 is 2.68 bits per heavy atom. The molecule has 0 fully saturated rings. The number of hydrogen-bond acceptors (Lipinski definition) is 2. The van der Waals surface area contributed by atoms with E-state index in [1.807, 2.05) is 6.07 Å². The zero-order chi connectivity index (χ0) is 14.1. The van der Waals surface area contributed by atoms with E-state index in [2.05, 4.69) is 19.2 Å². The number of nitrogens with one attached hydrogen (secondary N) is 1. The highest BCUT2D eigenvalue weighted by atomic mass is 19.1. The second-order valence-electron chi connectivity index (χ2n) is 5.53. The second kappa shape index (κ2) is 9.05. The first-order valence-corrected chi connectivity index (χ1v) is 7.06. The van der Waals surface area contributed by atoms with Gasteiger partial charge in [-0.25, -0.2) is 4.39 Å². The van der Waals surface area contributed by atoms with E-state index in [-0.39, 0.29) is 5.82 Å². The SMILES string of the molecule is COCCC(CNCC(C)C)Cc1cccc(F)c1. The molecule has 19 heavy (non-hydrogen) atoms. The lowest BCUT2D eigenvalue weighted by Crippen LogP contribution is -2.28. The molecule has 1 atom stereocenters. The normalized spacial score (nSPS) is 12.9. The molecule has 0 saturated carbocycles. The van der Waals surface area contributed by atoms with Crippen LogP contribution in [0.1, 0.15) is 25.8 Å². The number of halogens is 1. The van der Waals surface area contributed by atoms with Crippen molar-refractivity contribution in [2.45, 2.75) is 26.7 Å². The maximum Gasteiger partial charge on any atom is 0.123 e. The van der Waals surface area contributed by atoms with Crippen LogP contribution in [0, 0.1) is 17.7 Å². The van der Waals surface area contributed by atoms with Crippen LogP contribution in [0.2, 0.25) is 0 Å². The summed E-state index contributed by atoms with van der Waals surface area (Å²) in [6.45, 7) is 7.13. The number of benzene rings is 1. The van der Waals surface area contributed by atoms with Crippen LogP contribution in [-0.4, -0.2) is 26.8 Å². The molecular weight excluding hydrogens is 241 g/mol. The minimum atomic E-state index is -0.155. The molecule has 0 bridgehead atoms. The molecule has 1 aromatic rings. The molecule has 0 aliphatic heterocycles. The zero-order valence-corrected chi connectivity index (χ0v) is 12.3. The maximum absolute atomic E-state index is 13.2. The molecule has 0 radical (unpaired) electrons. The topological polar surface area (TPSA) is 21.3 Å². The smallest absolute Gasteiger partial charge is 0.123 e. The van der Waals surface area contributed by atoms with Crippen molar-refractivity contribution in [3.8, 4) is 0 Å². The molecule has 108 valence electrons. The highest BCUT2D eigenvalue weighted by molar-refractivity contribution is 5.16. The van der Waals surface area contributed by atoms with Gasteiger partial charge in [0, 0.05) is 13.7 Å². The number of rotatable bonds is 9. The minimum Gasteiger partial charge on any atom is -0.385 e. The number of ether oxygens (including phenoxy) is 1. The number of methoxy groups -OCH3 is 1. The summed E-state index contributed by atoms with van der Waals surface area (Å²) in [7, 11) is 1.72. The Morgan fingerprint density at radius 1 is 1.26 bits per heavy atom. The molecule has 0 amide bonds.